The summed E-state index contributed by atoms with van der Waals surface area (Å²) >= 11 is 0. The quantitative estimate of drug-likeness (QED) is 0.0873. The molecule has 9 rings (SSSR count). The predicted molar refractivity (Wildman–Crippen MR) is 246 cm³/mol. The van der Waals surface area contributed by atoms with Crippen LogP contribution in [-0.4, -0.2) is 156 Å². The number of anilines is 1. The first-order valence-corrected chi connectivity index (χ1v) is 23.3. The number of morpholine rings is 1. The Labute approximate surface area is 396 Å². The molecule has 0 bridgehead atoms. The lowest BCUT2D eigenvalue weighted by atomic mass is 10.0. The van der Waals surface area contributed by atoms with Gasteiger partial charge < -0.3 is 29.2 Å². The smallest absolute Gasteiger partial charge is 0.264 e. The van der Waals surface area contributed by atoms with Crippen LogP contribution in [0.25, 0.3) is 33.4 Å². The number of nitrogens with zero attached hydrogens (tertiary/aromatic N) is 7. The number of imide groups is 2. The van der Waals surface area contributed by atoms with Crippen LogP contribution in [0.2, 0.25) is 0 Å². The van der Waals surface area contributed by atoms with E-state index in [4.69, 9.17) is 23.9 Å². The molecule has 69 heavy (non-hydrogen) atoms. The van der Waals surface area contributed by atoms with Crippen LogP contribution in [0.4, 0.5) is 14.5 Å². The standard InChI is InChI=1S/C49H53F2N9O9/c50-37-25-31(26-38(51)36(37)30-57-15-19-68-20-16-57)34-3-1-6-40-46(34)55-41(28-53-40)32-27-54-59(29-32)33-9-13-58(14-10-33)44(62)11-17-66-21-23-69-24-22-67-18-12-52-39-5-2-4-35-45(39)49(65)60(48(35)64)42-7-8-43(61)56-47(42)63/h1-6,25-29,33,42,52H,7-24,30H2,(H,56,61,63). The van der Waals surface area contributed by atoms with Crippen LogP contribution in [0.3, 0.4) is 0 Å². The molecule has 6 heterocycles. The normalized spacial score (nSPS) is 18.0. The summed E-state index contributed by atoms with van der Waals surface area (Å²) in [5, 5.41) is 9.97. The fourth-order valence-electron chi connectivity index (χ4n) is 9.13. The van der Waals surface area contributed by atoms with Crippen LogP contribution >= 0.6 is 0 Å². The Balaban J connectivity index is 0.658. The average Bonchev–Trinajstić information content (AvgIpc) is 3.95. The first-order chi connectivity index (χ1) is 33.6. The van der Waals surface area contributed by atoms with Crippen LogP contribution < -0.4 is 10.6 Å². The van der Waals surface area contributed by atoms with Gasteiger partial charge >= 0.3 is 0 Å². The molecule has 2 N–H and O–H groups in total. The molecule has 0 saturated carbocycles. The Bertz CT molecular complexity index is 2700. The molecule has 0 radical (unpaired) electrons. The molecule has 5 aromatic rings. The van der Waals surface area contributed by atoms with Gasteiger partial charge in [-0.1, -0.05) is 18.2 Å². The Hall–Kier alpha value is -6.58. The highest BCUT2D eigenvalue weighted by atomic mass is 19.1. The Morgan fingerprint density at radius 3 is 2.28 bits per heavy atom. The molecule has 1 unspecified atom stereocenters. The number of piperidine rings is 2. The van der Waals surface area contributed by atoms with Crippen LogP contribution in [0.5, 0.6) is 0 Å². The number of nitrogens with one attached hydrogen (secondary N) is 2. The largest absolute Gasteiger partial charge is 0.382 e. The van der Waals surface area contributed by atoms with Crippen molar-refractivity contribution in [3.8, 4) is 22.4 Å². The van der Waals surface area contributed by atoms with Gasteiger partial charge in [-0.25, -0.2) is 13.8 Å². The maximum absolute atomic E-state index is 15.4. The second-order valence-corrected chi connectivity index (χ2v) is 17.2. The molecule has 18 nitrogen and oxygen atoms in total. The summed E-state index contributed by atoms with van der Waals surface area (Å²) in [4.78, 5) is 77.5. The van der Waals surface area contributed by atoms with E-state index in [1.54, 1.807) is 42.7 Å². The molecule has 3 fully saturated rings. The molecular formula is C49H53F2N9O9. The van der Waals surface area contributed by atoms with Crippen LogP contribution in [0.1, 0.15) is 64.4 Å². The number of para-hydroxylation sites is 1. The van der Waals surface area contributed by atoms with Gasteiger partial charge in [0.15, 0.2) is 0 Å². The summed E-state index contributed by atoms with van der Waals surface area (Å²) in [5.74, 6) is -3.42. The second-order valence-electron chi connectivity index (χ2n) is 17.2. The van der Waals surface area contributed by atoms with E-state index in [2.05, 4.69) is 20.7 Å². The van der Waals surface area contributed by atoms with Crippen molar-refractivity contribution in [2.45, 2.75) is 50.7 Å². The number of rotatable bonds is 19. The molecule has 0 spiro atoms. The van der Waals surface area contributed by atoms with Gasteiger partial charge in [0.05, 0.1) is 106 Å². The van der Waals surface area contributed by atoms with Crippen molar-refractivity contribution in [1.29, 1.82) is 0 Å². The minimum atomic E-state index is -1.03. The summed E-state index contributed by atoms with van der Waals surface area (Å²) in [5.41, 5.74) is 4.30. The number of carbonyl (C=O) groups excluding carboxylic acids is 5. The van der Waals surface area contributed by atoms with Crippen molar-refractivity contribution in [2.24, 2.45) is 0 Å². The minimum Gasteiger partial charge on any atom is -0.382 e. The second kappa shape index (κ2) is 21.8. The van der Waals surface area contributed by atoms with Gasteiger partial charge in [-0.05, 0) is 55.2 Å². The van der Waals surface area contributed by atoms with Gasteiger partial charge in [0.2, 0.25) is 17.7 Å². The molecule has 20 heteroatoms. The molecule has 2 aromatic heterocycles. The van der Waals surface area contributed by atoms with Crippen LogP contribution in [0, 0.1) is 11.6 Å². The zero-order valence-electron chi connectivity index (χ0n) is 38.0. The lowest BCUT2D eigenvalue weighted by Gasteiger charge is -2.32. The van der Waals surface area contributed by atoms with E-state index >= 15 is 8.78 Å². The first kappa shape index (κ1) is 47.5. The van der Waals surface area contributed by atoms with Gasteiger partial charge in [-0.15, -0.1) is 0 Å². The zero-order chi connectivity index (χ0) is 47.9. The van der Waals surface area contributed by atoms with Crippen molar-refractivity contribution in [3.63, 3.8) is 0 Å². The first-order valence-electron chi connectivity index (χ1n) is 23.3. The Morgan fingerprint density at radius 1 is 0.812 bits per heavy atom. The molecule has 3 aromatic carbocycles. The van der Waals surface area contributed by atoms with Gasteiger partial charge in [0.1, 0.15) is 17.7 Å². The highest BCUT2D eigenvalue weighted by molar-refractivity contribution is 6.25. The number of halogens is 2. The van der Waals surface area contributed by atoms with Crippen molar-refractivity contribution in [1.82, 2.24) is 39.8 Å². The summed E-state index contributed by atoms with van der Waals surface area (Å²) in [6.45, 7) is 5.89. The van der Waals surface area contributed by atoms with Crippen LogP contribution in [-0.2, 0) is 39.9 Å². The van der Waals surface area contributed by atoms with Crippen molar-refractivity contribution >= 4 is 46.3 Å². The zero-order valence-corrected chi connectivity index (χ0v) is 38.0. The number of aromatic nitrogens is 4. The van der Waals surface area contributed by atoms with Gasteiger partial charge in [-0.2, -0.15) is 5.10 Å². The van der Waals surface area contributed by atoms with E-state index in [0.717, 1.165) is 23.3 Å². The number of fused-ring (bicyclic) bond motifs is 2. The van der Waals surface area contributed by atoms with E-state index < -0.39 is 41.3 Å². The van der Waals surface area contributed by atoms with E-state index in [1.807, 2.05) is 26.7 Å². The average molecular weight is 950 g/mol. The van der Waals surface area contributed by atoms with Crippen molar-refractivity contribution in [2.75, 3.05) is 90.9 Å². The Morgan fingerprint density at radius 2 is 1.52 bits per heavy atom. The molecule has 0 aliphatic carbocycles. The van der Waals surface area contributed by atoms with Gasteiger partial charge in [-0.3, -0.25) is 48.8 Å². The molecule has 1 atom stereocenters. The van der Waals surface area contributed by atoms with Gasteiger partial charge in [0.25, 0.3) is 11.8 Å². The van der Waals surface area contributed by atoms with Crippen molar-refractivity contribution in [3.05, 3.63) is 95.4 Å². The highest BCUT2D eigenvalue weighted by Crippen LogP contribution is 2.34. The Kier molecular flexibility index (Phi) is 15.0. The highest BCUT2D eigenvalue weighted by Gasteiger charge is 2.45. The summed E-state index contributed by atoms with van der Waals surface area (Å²) in [6.07, 6.45) is 7.17. The fourth-order valence-corrected chi connectivity index (χ4v) is 9.13. The topological polar surface area (TPSA) is 200 Å². The predicted octanol–water partition coefficient (Wildman–Crippen LogP) is 4.39. The third-order valence-electron chi connectivity index (χ3n) is 12.8. The molecule has 3 saturated heterocycles. The number of hydrogen-bond donors (Lipinski definition) is 2. The molecular weight excluding hydrogens is 897 g/mol. The lowest BCUT2D eigenvalue weighted by molar-refractivity contribution is -0.136. The summed E-state index contributed by atoms with van der Waals surface area (Å²) in [7, 11) is 0. The molecule has 4 aliphatic rings. The lowest BCUT2D eigenvalue weighted by Crippen LogP contribution is -2.54. The van der Waals surface area contributed by atoms with E-state index in [9.17, 15) is 24.0 Å². The minimum absolute atomic E-state index is 0.0225. The third kappa shape index (κ3) is 10.8. The number of ether oxygens (including phenoxy) is 4. The maximum Gasteiger partial charge on any atom is 0.264 e. The molecule has 4 aliphatic heterocycles. The van der Waals surface area contributed by atoms with E-state index in [0.29, 0.717) is 113 Å². The number of likely N-dealkylation sites (tertiary alicyclic amines) is 1. The van der Waals surface area contributed by atoms with Crippen molar-refractivity contribution < 1.29 is 51.7 Å². The molecule has 362 valence electrons. The van der Waals surface area contributed by atoms with E-state index in [1.165, 1.54) is 12.1 Å². The van der Waals surface area contributed by atoms with E-state index in [-0.39, 0.29) is 61.1 Å². The summed E-state index contributed by atoms with van der Waals surface area (Å²) in [6, 6.07) is 12.1. The third-order valence-corrected chi connectivity index (χ3v) is 12.8. The number of benzene rings is 3. The number of carbonyl (C=O) groups is 5. The summed E-state index contributed by atoms with van der Waals surface area (Å²) < 4.78 is 55.0. The monoisotopic (exact) mass is 949 g/mol. The van der Waals surface area contributed by atoms with Crippen LogP contribution in [0.15, 0.2) is 67.1 Å². The molecule has 5 amide bonds. The number of hydrogen-bond acceptors (Lipinski definition) is 14. The SMILES string of the molecule is O=C1CCC(N2C(=O)c3cccc(NCCOCCOCCOCCC(=O)N4CCC(n5cc(-c6cnc7cccc(-c8cc(F)c(CN9CCOCC9)c(F)c8)c7n6)cn5)CC4)c3C2=O)C(=O)N1. The number of amides is 5. The van der Waals surface area contributed by atoms with Gasteiger partial charge in [0, 0.05) is 74.3 Å². The maximum atomic E-state index is 15.4. The fraction of sp³-hybridized carbons (Fsp3) is 0.429.